The first kappa shape index (κ1) is 12.6. The second kappa shape index (κ2) is 5.31. The Morgan fingerprint density at radius 3 is 2.79 bits per heavy atom. The minimum absolute atomic E-state index is 0.962. The van der Waals surface area contributed by atoms with E-state index in [4.69, 9.17) is 4.98 Å². The van der Waals surface area contributed by atoms with Crippen LogP contribution in [0.2, 0.25) is 0 Å². The Bertz CT molecular complexity index is 567. The number of piperazine rings is 1. The molecule has 0 unspecified atom stereocenters. The van der Waals surface area contributed by atoms with E-state index in [2.05, 4.69) is 46.8 Å². The van der Waals surface area contributed by atoms with Gasteiger partial charge in [0, 0.05) is 32.7 Å². The lowest BCUT2D eigenvalue weighted by atomic mass is 10.2. The van der Waals surface area contributed by atoms with Crippen LogP contribution in [0, 0.1) is 6.92 Å². The molecule has 0 aliphatic carbocycles. The first-order chi connectivity index (χ1) is 9.28. The van der Waals surface area contributed by atoms with E-state index in [9.17, 15) is 0 Å². The average molecular weight is 258 g/mol. The number of hydrogen-bond acceptors (Lipinski definition) is 3. The van der Waals surface area contributed by atoms with Gasteiger partial charge in [0.15, 0.2) is 0 Å². The second-order valence-corrected chi connectivity index (χ2v) is 5.29. The lowest BCUT2D eigenvalue weighted by Gasteiger charge is -2.26. The number of nitrogens with one attached hydrogen (secondary N) is 1. The van der Waals surface area contributed by atoms with Crippen LogP contribution in [0.3, 0.4) is 0 Å². The van der Waals surface area contributed by atoms with Crippen molar-refractivity contribution in [1.82, 2.24) is 19.8 Å². The molecule has 0 spiro atoms. The van der Waals surface area contributed by atoms with Gasteiger partial charge in [0.25, 0.3) is 0 Å². The zero-order valence-corrected chi connectivity index (χ0v) is 11.8. The Hall–Kier alpha value is -1.39. The summed E-state index contributed by atoms with van der Waals surface area (Å²) in [6, 6.07) is 6.52. The van der Waals surface area contributed by atoms with Gasteiger partial charge >= 0.3 is 0 Å². The molecule has 1 aliphatic rings. The largest absolute Gasteiger partial charge is 0.327 e. The van der Waals surface area contributed by atoms with Crippen molar-refractivity contribution in [2.75, 3.05) is 26.2 Å². The van der Waals surface area contributed by atoms with Crippen molar-refractivity contribution in [3.05, 3.63) is 29.6 Å². The highest BCUT2D eigenvalue weighted by atomic mass is 15.2. The van der Waals surface area contributed by atoms with Gasteiger partial charge in [-0.2, -0.15) is 0 Å². The van der Waals surface area contributed by atoms with Crippen LogP contribution in [-0.2, 0) is 13.1 Å². The van der Waals surface area contributed by atoms with Crippen LogP contribution in [0.1, 0.15) is 18.3 Å². The topological polar surface area (TPSA) is 33.1 Å². The van der Waals surface area contributed by atoms with Gasteiger partial charge in [-0.1, -0.05) is 6.07 Å². The molecule has 19 heavy (non-hydrogen) atoms. The summed E-state index contributed by atoms with van der Waals surface area (Å²) in [5.74, 6) is 1.20. The zero-order chi connectivity index (χ0) is 13.2. The van der Waals surface area contributed by atoms with Crippen molar-refractivity contribution < 1.29 is 0 Å². The molecule has 0 radical (unpaired) electrons. The predicted octanol–water partition coefficient (Wildman–Crippen LogP) is 1.77. The number of rotatable bonds is 3. The minimum atomic E-state index is 0.962. The summed E-state index contributed by atoms with van der Waals surface area (Å²) in [6.45, 7) is 10.7. The minimum Gasteiger partial charge on any atom is -0.327 e. The van der Waals surface area contributed by atoms with E-state index >= 15 is 0 Å². The molecule has 2 aromatic rings. The fraction of sp³-hybridized carbons (Fsp3) is 0.533. The molecule has 1 aromatic heterocycles. The number of hydrogen-bond donors (Lipinski definition) is 1. The summed E-state index contributed by atoms with van der Waals surface area (Å²) in [6.07, 6.45) is 0. The number of nitrogens with zero attached hydrogens (tertiary/aromatic N) is 3. The van der Waals surface area contributed by atoms with Gasteiger partial charge in [0.1, 0.15) is 5.82 Å². The lowest BCUT2D eigenvalue weighted by molar-refractivity contribution is 0.225. The van der Waals surface area contributed by atoms with E-state index in [0.29, 0.717) is 0 Å². The lowest BCUT2D eigenvalue weighted by Crippen LogP contribution is -2.43. The van der Waals surface area contributed by atoms with Gasteiger partial charge in [0.05, 0.1) is 17.6 Å². The van der Waals surface area contributed by atoms with Crippen LogP contribution in [0.25, 0.3) is 11.0 Å². The highest BCUT2D eigenvalue weighted by molar-refractivity contribution is 5.76. The summed E-state index contributed by atoms with van der Waals surface area (Å²) < 4.78 is 2.35. The number of imidazole rings is 1. The van der Waals surface area contributed by atoms with Crippen LogP contribution in [0.5, 0.6) is 0 Å². The maximum atomic E-state index is 4.82. The maximum absolute atomic E-state index is 4.82. The molecule has 3 rings (SSSR count). The van der Waals surface area contributed by atoms with E-state index in [1.807, 2.05) is 0 Å². The number of aryl methyl sites for hydroxylation is 2. The summed E-state index contributed by atoms with van der Waals surface area (Å²) in [5.41, 5.74) is 3.70. The number of benzene rings is 1. The van der Waals surface area contributed by atoms with Crippen LogP contribution in [0.15, 0.2) is 18.2 Å². The maximum Gasteiger partial charge on any atom is 0.124 e. The van der Waals surface area contributed by atoms with Crippen molar-refractivity contribution in [1.29, 1.82) is 0 Å². The first-order valence-corrected chi connectivity index (χ1v) is 7.17. The Balaban J connectivity index is 1.93. The number of fused-ring (bicyclic) bond motifs is 1. The average Bonchev–Trinajstić information content (AvgIpc) is 2.76. The van der Waals surface area contributed by atoms with E-state index < -0.39 is 0 Å². The van der Waals surface area contributed by atoms with Crippen molar-refractivity contribution >= 4 is 11.0 Å². The van der Waals surface area contributed by atoms with Gasteiger partial charge in [-0.05, 0) is 31.5 Å². The fourth-order valence-corrected chi connectivity index (χ4v) is 2.83. The third-order valence-corrected chi connectivity index (χ3v) is 3.87. The number of aromatic nitrogens is 2. The van der Waals surface area contributed by atoms with Gasteiger partial charge in [-0.3, -0.25) is 4.90 Å². The summed E-state index contributed by atoms with van der Waals surface area (Å²) in [7, 11) is 0. The third-order valence-electron chi connectivity index (χ3n) is 3.87. The molecule has 4 nitrogen and oxygen atoms in total. The molecule has 2 heterocycles. The highest BCUT2D eigenvalue weighted by Crippen LogP contribution is 2.19. The molecule has 0 amide bonds. The van der Waals surface area contributed by atoms with Crippen molar-refractivity contribution in [3.63, 3.8) is 0 Å². The second-order valence-electron chi connectivity index (χ2n) is 5.29. The molecular weight excluding hydrogens is 236 g/mol. The standard InChI is InChI=1S/C15H22N4/c1-3-19-14-10-12(2)4-5-13(14)17-15(19)11-18-8-6-16-7-9-18/h4-5,10,16H,3,6-9,11H2,1-2H3. The van der Waals surface area contributed by atoms with Crippen LogP contribution in [0.4, 0.5) is 0 Å². The van der Waals surface area contributed by atoms with Crippen LogP contribution in [-0.4, -0.2) is 40.6 Å². The van der Waals surface area contributed by atoms with Crippen molar-refractivity contribution in [3.8, 4) is 0 Å². The molecule has 102 valence electrons. The van der Waals surface area contributed by atoms with Crippen LogP contribution >= 0.6 is 0 Å². The molecule has 1 saturated heterocycles. The molecule has 0 bridgehead atoms. The summed E-state index contributed by atoms with van der Waals surface area (Å²) >= 11 is 0. The molecule has 0 saturated carbocycles. The normalized spacial score (nSPS) is 17.2. The highest BCUT2D eigenvalue weighted by Gasteiger charge is 2.15. The quantitative estimate of drug-likeness (QED) is 0.911. The molecule has 4 heteroatoms. The van der Waals surface area contributed by atoms with Gasteiger partial charge in [0.2, 0.25) is 0 Å². The Labute approximate surface area is 114 Å². The van der Waals surface area contributed by atoms with E-state index in [1.54, 1.807) is 0 Å². The smallest absolute Gasteiger partial charge is 0.124 e. The zero-order valence-electron chi connectivity index (χ0n) is 11.8. The molecular formula is C15H22N4. The SMILES string of the molecule is CCn1c(CN2CCNCC2)nc2ccc(C)cc21. The molecule has 1 aliphatic heterocycles. The predicted molar refractivity (Wildman–Crippen MR) is 78.3 cm³/mol. The molecule has 1 fully saturated rings. The van der Waals surface area contributed by atoms with Crippen molar-refractivity contribution in [2.45, 2.75) is 26.9 Å². The summed E-state index contributed by atoms with van der Waals surface area (Å²) in [4.78, 5) is 7.30. The molecule has 1 N–H and O–H groups in total. The van der Waals surface area contributed by atoms with Crippen LogP contribution < -0.4 is 5.32 Å². The monoisotopic (exact) mass is 258 g/mol. The Morgan fingerprint density at radius 2 is 2.05 bits per heavy atom. The molecule has 1 aromatic carbocycles. The Morgan fingerprint density at radius 1 is 1.26 bits per heavy atom. The fourth-order valence-electron chi connectivity index (χ4n) is 2.83. The third kappa shape index (κ3) is 2.51. The van der Waals surface area contributed by atoms with E-state index in [-0.39, 0.29) is 0 Å². The van der Waals surface area contributed by atoms with Gasteiger partial charge < -0.3 is 9.88 Å². The summed E-state index contributed by atoms with van der Waals surface area (Å²) in [5, 5.41) is 3.39. The van der Waals surface area contributed by atoms with Gasteiger partial charge in [-0.15, -0.1) is 0 Å². The van der Waals surface area contributed by atoms with E-state index in [1.165, 1.54) is 16.9 Å². The van der Waals surface area contributed by atoms with Gasteiger partial charge in [-0.25, -0.2) is 4.98 Å². The first-order valence-electron chi connectivity index (χ1n) is 7.17. The van der Waals surface area contributed by atoms with Crippen molar-refractivity contribution in [2.24, 2.45) is 0 Å². The van der Waals surface area contributed by atoms with E-state index in [0.717, 1.165) is 44.8 Å². The molecule has 0 atom stereocenters. The Kier molecular flexibility index (Phi) is 3.53.